The van der Waals surface area contributed by atoms with Crippen molar-refractivity contribution in [2.75, 3.05) is 6.61 Å². The van der Waals surface area contributed by atoms with Crippen molar-refractivity contribution >= 4 is 29.6 Å². The maximum Gasteiger partial charge on any atom is 0.352 e. The van der Waals surface area contributed by atoms with Gasteiger partial charge in [0.05, 0.1) is 11.6 Å². The minimum Gasteiger partial charge on any atom is -0.490 e. The first-order valence-corrected chi connectivity index (χ1v) is 10.3. The Morgan fingerprint density at radius 3 is 2.28 bits per heavy atom. The van der Waals surface area contributed by atoms with Gasteiger partial charge in [0.1, 0.15) is 12.3 Å². The van der Waals surface area contributed by atoms with E-state index < -0.39 is 11.9 Å². The Balaban J connectivity index is 1.87. The van der Waals surface area contributed by atoms with E-state index in [0.717, 1.165) is 5.56 Å². The van der Waals surface area contributed by atoms with Crippen LogP contribution >= 0.6 is 11.6 Å². The zero-order valence-corrected chi connectivity index (χ0v) is 18.1. The average molecular weight is 452 g/mol. The third-order valence-corrected chi connectivity index (χ3v) is 4.66. The number of nitrogens with one attached hydrogen (secondary N) is 1. The first-order valence-electron chi connectivity index (χ1n) is 9.92. The number of benzene rings is 3. The van der Waals surface area contributed by atoms with E-state index in [1.165, 1.54) is 6.08 Å². The van der Waals surface area contributed by atoms with Crippen LogP contribution in [0.3, 0.4) is 0 Å². The molecular formula is C25H22ClNO5. The van der Waals surface area contributed by atoms with Gasteiger partial charge < -0.3 is 19.9 Å². The number of aliphatic carboxylic acids is 1. The fourth-order valence-corrected chi connectivity index (χ4v) is 3.18. The molecule has 3 aromatic rings. The van der Waals surface area contributed by atoms with Crippen LogP contribution in [0, 0.1) is 0 Å². The number of ether oxygens (including phenoxy) is 2. The van der Waals surface area contributed by atoms with Crippen molar-refractivity contribution in [2.24, 2.45) is 0 Å². The van der Waals surface area contributed by atoms with Gasteiger partial charge in [-0.2, -0.15) is 0 Å². The molecular weight excluding hydrogens is 430 g/mol. The molecule has 6 nitrogen and oxygen atoms in total. The van der Waals surface area contributed by atoms with Crippen LogP contribution in [0.4, 0.5) is 0 Å². The summed E-state index contributed by atoms with van der Waals surface area (Å²) in [5, 5.41) is 12.2. The molecule has 0 aliphatic rings. The largest absolute Gasteiger partial charge is 0.490 e. The van der Waals surface area contributed by atoms with Crippen LogP contribution in [0.15, 0.2) is 78.5 Å². The molecule has 164 valence electrons. The standard InChI is InChI=1S/C25H22ClNO5/c1-2-31-22-15-18(13-20(26)23(22)32-16-17-9-5-3-6-10-17)14-21(25(29)30)27-24(28)19-11-7-4-8-12-19/h3-15H,2,16H2,1H3,(H,27,28)(H,29,30). The smallest absolute Gasteiger partial charge is 0.352 e. The first kappa shape index (κ1) is 22.9. The molecule has 2 N–H and O–H groups in total. The van der Waals surface area contributed by atoms with Gasteiger partial charge in [-0.05, 0) is 48.4 Å². The first-order chi connectivity index (χ1) is 15.5. The summed E-state index contributed by atoms with van der Waals surface area (Å²) in [6.45, 7) is 2.48. The molecule has 3 aromatic carbocycles. The van der Waals surface area contributed by atoms with Crippen molar-refractivity contribution in [1.29, 1.82) is 0 Å². The van der Waals surface area contributed by atoms with E-state index >= 15 is 0 Å². The highest BCUT2D eigenvalue weighted by atomic mass is 35.5. The van der Waals surface area contributed by atoms with E-state index in [1.54, 1.807) is 42.5 Å². The molecule has 0 aliphatic carbocycles. The summed E-state index contributed by atoms with van der Waals surface area (Å²) in [6.07, 6.45) is 1.32. The molecule has 0 unspecified atom stereocenters. The van der Waals surface area contributed by atoms with Crippen LogP contribution in [-0.4, -0.2) is 23.6 Å². The van der Waals surface area contributed by atoms with E-state index in [1.807, 2.05) is 37.3 Å². The molecule has 32 heavy (non-hydrogen) atoms. The highest BCUT2D eigenvalue weighted by Gasteiger charge is 2.16. The third kappa shape index (κ3) is 6.12. The summed E-state index contributed by atoms with van der Waals surface area (Å²) < 4.78 is 11.5. The van der Waals surface area contributed by atoms with Crippen molar-refractivity contribution in [3.8, 4) is 11.5 Å². The Labute approximate surface area is 191 Å². The molecule has 3 rings (SSSR count). The lowest BCUT2D eigenvalue weighted by Crippen LogP contribution is -2.27. The summed E-state index contributed by atoms with van der Waals surface area (Å²) in [7, 11) is 0. The number of hydrogen-bond donors (Lipinski definition) is 2. The van der Waals surface area contributed by atoms with Crippen LogP contribution in [-0.2, 0) is 11.4 Å². The van der Waals surface area contributed by atoms with Gasteiger partial charge in [-0.3, -0.25) is 4.79 Å². The molecule has 7 heteroatoms. The zero-order chi connectivity index (χ0) is 22.9. The van der Waals surface area contributed by atoms with Gasteiger partial charge in [-0.1, -0.05) is 60.1 Å². The van der Waals surface area contributed by atoms with Crippen molar-refractivity contribution in [3.63, 3.8) is 0 Å². The highest BCUT2D eigenvalue weighted by Crippen LogP contribution is 2.37. The van der Waals surface area contributed by atoms with Gasteiger partial charge in [0, 0.05) is 5.56 Å². The lowest BCUT2D eigenvalue weighted by Gasteiger charge is -2.15. The molecule has 0 radical (unpaired) electrons. The summed E-state index contributed by atoms with van der Waals surface area (Å²) in [6, 6.07) is 21.1. The minimum atomic E-state index is -1.28. The number of carbonyl (C=O) groups excluding carboxylic acids is 1. The molecule has 0 fully saturated rings. The number of carboxylic acid groups (broad SMARTS) is 1. The van der Waals surface area contributed by atoms with Crippen molar-refractivity contribution < 1.29 is 24.2 Å². The van der Waals surface area contributed by atoms with Crippen molar-refractivity contribution in [3.05, 3.63) is 100 Å². The Kier molecular flexibility index (Phi) is 7.89. The number of amides is 1. The summed E-state index contributed by atoms with van der Waals surface area (Å²) in [5.74, 6) is -1.08. The topological polar surface area (TPSA) is 84.9 Å². The van der Waals surface area contributed by atoms with Crippen LogP contribution in [0.5, 0.6) is 11.5 Å². The predicted molar refractivity (Wildman–Crippen MR) is 123 cm³/mol. The number of carboxylic acids is 1. The Hall–Kier alpha value is -3.77. The Morgan fingerprint density at radius 2 is 1.66 bits per heavy atom. The Morgan fingerprint density at radius 1 is 1.00 bits per heavy atom. The average Bonchev–Trinajstić information content (AvgIpc) is 2.79. The van der Waals surface area contributed by atoms with E-state index in [-0.39, 0.29) is 10.7 Å². The Bertz CT molecular complexity index is 1110. The van der Waals surface area contributed by atoms with Crippen molar-refractivity contribution in [1.82, 2.24) is 5.32 Å². The van der Waals surface area contributed by atoms with Gasteiger partial charge in [0.2, 0.25) is 0 Å². The van der Waals surface area contributed by atoms with Crippen LogP contribution in [0.25, 0.3) is 6.08 Å². The second-order valence-corrected chi connectivity index (χ2v) is 7.13. The molecule has 0 atom stereocenters. The maximum atomic E-state index is 12.4. The highest BCUT2D eigenvalue weighted by molar-refractivity contribution is 6.32. The van der Waals surface area contributed by atoms with E-state index in [0.29, 0.717) is 35.8 Å². The minimum absolute atomic E-state index is 0.261. The molecule has 0 aliphatic heterocycles. The third-order valence-electron chi connectivity index (χ3n) is 4.38. The zero-order valence-electron chi connectivity index (χ0n) is 17.4. The monoisotopic (exact) mass is 451 g/mol. The van der Waals surface area contributed by atoms with Gasteiger partial charge in [0.25, 0.3) is 5.91 Å². The molecule has 0 spiro atoms. The maximum absolute atomic E-state index is 12.4. The molecule has 0 saturated carbocycles. The van der Waals surface area contributed by atoms with Gasteiger partial charge in [-0.25, -0.2) is 4.79 Å². The second-order valence-electron chi connectivity index (χ2n) is 6.72. The van der Waals surface area contributed by atoms with Gasteiger partial charge in [-0.15, -0.1) is 0 Å². The van der Waals surface area contributed by atoms with Crippen LogP contribution in [0.2, 0.25) is 5.02 Å². The van der Waals surface area contributed by atoms with Crippen LogP contribution < -0.4 is 14.8 Å². The fourth-order valence-electron chi connectivity index (χ4n) is 2.91. The fraction of sp³-hybridized carbons (Fsp3) is 0.120. The molecule has 0 bridgehead atoms. The number of carbonyl (C=O) groups is 2. The van der Waals surface area contributed by atoms with Crippen LogP contribution in [0.1, 0.15) is 28.4 Å². The van der Waals surface area contributed by atoms with E-state index in [2.05, 4.69) is 5.32 Å². The normalized spacial score (nSPS) is 11.0. The summed E-state index contributed by atoms with van der Waals surface area (Å²) in [5.41, 5.74) is 1.45. The lowest BCUT2D eigenvalue weighted by molar-refractivity contribution is -0.132. The second kappa shape index (κ2) is 11.0. The summed E-state index contributed by atoms with van der Waals surface area (Å²) in [4.78, 5) is 24.1. The van der Waals surface area contributed by atoms with E-state index in [9.17, 15) is 14.7 Å². The van der Waals surface area contributed by atoms with Gasteiger partial charge in [0.15, 0.2) is 11.5 Å². The number of hydrogen-bond acceptors (Lipinski definition) is 4. The summed E-state index contributed by atoms with van der Waals surface area (Å²) >= 11 is 6.43. The number of halogens is 1. The van der Waals surface area contributed by atoms with Crippen molar-refractivity contribution in [2.45, 2.75) is 13.5 Å². The molecule has 1 amide bonds. The quantitative estimate of drug-likeness (QED) is 0.438. The number of rotatable bonds is 9. The predicted octanol–water partition coefficient (Wildman–Crippen LogP) is 5.17. The molecule has 0 heterocycles. The van der Waals surface area contributed by atoms with Gasteiger partial charge >= 0.3 is 5.97 Å². The SMILES string of the molecule is CCOc1cc(C=C(NC(=O)c2ccccc2)C(=O)O)cc(Cl)c1OCc1ccccc1. The van der Waals surface area contributed by atoms with E-state index in [4.69, 9.17) is 21.1 Å². The lowest BCUT2D eigenvalue weighted by atomic mass is 10.1. The molecule has 0 aromatic heterocycles. The molecule has 0 saturated heterocycles.